The van der Waals surface area contributed by atoms with Crippen LogP contribution in [0, 0.1) is 5.41 Å². The Hall–Kier alpha value is -1.34. The topological polar surface area (TPSA) is 108 Å². The zero-order valence-corrected chi connectivity index (χ0v) is 12.1. The summed E-state index contributed by atoms with van der Waals surface area (Å²) in [6.07, 6.45) is 3.69. The first-order valence-corrected chi connectivity index (χ1v) is 7.57. The SMILES string of the molecule is O=C(NCC1(C(=O)O)CCOCC1)NC1CCCCC1O. The van der Waals surface area contributed by atoms with Crippen LogP contribution in [0.5, 0.6) is 0 Å². The fourth-order valence-electron chi connectivity index (χ4n) is 2.98. The number of amides is 2. The number of hydrogen-bond donors (Lipinski definition) is 4. The molecule has 0 aromatic carbocycles. The number of aliphatic hydroxyl groups is 1. The van der Waals surface area contributed by atoms with Gasteiger partial charge in [0.15, 0.2) is 0 Å². The largest absolute Gasteiger partial charge is 0.481 e. The first-order chi connectivity index (χ1) is 10.0. The van der Waals surface area contributed by atoms with Crippen molar-refractivity contribution in [2.45, 2.75) is 50.7 Å². The van der Waals surface area contributed by atoms with E-state index in [0.29, 0.717) is 32.5 Å². The number of carboxylic acid groups (broad SMARTS) is 1. The second-order valence-corrected chi connectivity index (χ2v) is 5.98. The second-order valence-electron chi connectivity index (χ2n) is 5.98. The molecule has 0 radical (unpaired) electrons. The van der Waals surface area contributed by atoms with Crippen molar-refractivity contribution < 1.29 is 24.5 Å². The molecule has 0 bridgehead atoms. The first-order valence-electron chi connectivity index (χ1n) is 7.57. The van der Waals surface area contributed by atoms with E-state index in [9.17, 15) is 19.8 Å². The molecular formula is C14H24N2O5. The summed E-state index contributed by atoms with van der Waals surface area (Å²) in [5.41, 5.74) is -0.944. The van der Waals surface area contributed by atoms with Gasteiger partial charge < -0.3 is 25.6 Å². The Balaban J connectivity index is 1.83. The molecule has 0 aromatic rings. The third-order valence-electron chi connectivity index (χ3n) is 4.54. The van der Waals surface area contributed by atoms with Gasteiger partial charge in [0.25, 0.3) is 0 Å². The van der Waals surface area contributed by atoms with Crippen LogP contribution in [0.15, 0.2) is 0 Å². The Morgan fingerprint density at radius 3 is 2.48 bits per heavy atom. The van der Waals surface area contributed by atoms with Gasteiger partial charge in [-0.1, -0.05) is 12.8 Å². The maximum atomic E-state index is 11.9. The molecule has 21 heavy (non-hydrogen) atoms. The number of aliphatic hydroxyl groups excluding tert-OH is 1. The average Bonchev–Trinajstić information content (AvgIpc) is 2.48. The van der Waals surface area contributed by atoms with Gasteiger partial charge in [-0.25, -0.2) is 4.79 Å². The van der Waals surface area contributed by atoms with E-state index in [1.165, 1.54) is 0 Å². The maximum Gasteiger partial charge on any atom is 0.315 e. The summed E-state index contributed by atoms with van der Waals surface area (Å²) < 4.78 is 5.19. The zero-order chi connectivity index (χ0) is 15.3. The van der Waals surface area contributed by atoms with Gasteiger partial charge in [0.1, 0.15) is 0 Å². The molecule has 120 valence electrons. The Labute approximate surface area is 124 Å². The zero-order valence-electron chi connectivity index (χ0n) is 12.1. The minimum Gasteiger partial charge on any atom is -0.481 e. The maximum absolute atomic E-state index is 11.9. The van der Waals surface area contributed by atoms with Gasteiger partial charge >= 0.3 is 12.0 Å². The van der Waals surface area contributed by atoms with Crippen molar-refractivity contribution in [1.82, 2.24) is 10.6 Å². The Morgan fingerprint density at radius 1 is 1.19 bits per heavy atom. The van der Waals surface area contributed by atoms with Crippen molar-refractivity contribution in [2.24, 2.45) is 5.41 Å². The summed E-state index contributed by atoms with van der Waals surface area (Å²) in [6, 6.07) is -0.651. The number of carbonyl (C=O) groups is 2. The lowest BCUT2D eigenvalue weighted by Gasteiger charge is -2.34. The van der Waals surface area contributed by atoms with E-state index in [4.69, 9.17) is 4.74 Å². The van der Waals surface area contributed by atoms with Crippen LogP contribution in [-0.2, 0) is 9.53 Å². The second kappa shape index (κ2) is 7.09. The van der Waals surface area contributed by atoms with Crippen molar-refractivity contribution in [1.29, 1.82) is 0 Å². The van der Waals surface area contributed by atoms with Crippen LogP contribution in [-0.4, -0.2) is 54.1 Å². The molecule has 1 saturated carbocycles. The van der Waals surface area contributed by atoms with E-state index in [1.807, 2.05) is 0 Å². The van der Waals surface area contributed by atoms with Gasteiger partial charge in [0, 0.05) is 19.8 Å². The fourth-order valence-corrected chi connectivity index (χ4v) is 2.98. The molecule has 4 N–H and O–H groups in total. The highest BCUT2D eigenvalue weighted by atomic mass is 16.5. The summed E-state index contributed by atoms with van der Waals surface area (Å²) in [4.78, 5) is 23.4. The number of urea groups is 1. The molecule has 1 aliphatic carbocycles. The van der Waals surface area contributed by atoms with Crippen molar-refractivity contribution >= 4 is 12.0 Å². The van der Waals surface area contributed by atoms with Gasteiger partial charge in [-0.15, -0.1) is 0 Å². The summed E-state index contributed by atoms with van der Waals surface area (Å²) >= 11 is 0. The number of hydrogen-bond acceptors (Lipinski definition) is 4. The van der Waals surface area contributed by atoms with Crippen LogP contribution >= 0.6 is 0 Å². The van der Waals surface area contributed by atoms with Crippen LogP contribution in [0.1, 0.15) is 38.5 Å². The van der Waals surface area contributed by atoms with E-state index >= 15 is 0 Å². The predicted molar refractivity (Wildman–Crippen MR) is 74.9 cm³/mol. The third kappa shape index (κ3) is 4.07. The summed E-state index contributed by atoms with van der Waals surface area (Å²) in [7, 11) is 0. The van der Waals surface area contributed by atoms with Gasteiger partial charge in [-0.2, -0.15) is 0 Å². The lowest BCUT2D eigenvalue weighted by Crippen LogP contribution is -2.53. The van der Waals surface area contributed by atoms with Crippen LogP contribution in [0.3, 0.4) is 0 Å². The lowest BCUT2D eigenvalue weighted by molar-refractivity contribution is -0.154. The fraction of sp³-hybridized carbons (Fsp3) is 0.857. The van der Waals surface area contributed by atoms with Crippen molar-refractivity contribution in [3.05, 3.63) is 0 Å². The monoisotopic (exact) mass is 300 g/mol. The number of ether oxygens (including phenoxy) is 1. The standard InChI is InChI=1S/C14H24N2O5/c17-11-4-2-1-3-10(11)16-13(20)15-9-14(12(18)19)5-7-21-8-6-14/h10-11,17H,1-9H2,(H,18,19)(H2,15,16,20). The molecule has 1 aliphatic heterocycles. The highest BCUT2D eigenvalue weighted by Gasteiger charge is 2.40. The molecule has 1 saturated heterocycles. The number of carbonyl (C=O) groups excluding carboxylic acids is 1. The van der Waals surface area contributed by atoms with Gasteiger partial charge in [0.2, 0.25) is 0 Å². The highest BCUT2D eigenvalue weighted by Crippen LogP contribution is 2.30. The molecular weight excluding hydrogens is 276 g/mol. The summed E-state index contributed by atoms with van der Waals surface area (Å²) in [5.74, 6) is -0.899. The Kier molecular flexibility index (Phi) is 5.41. The average molecular weight is 300 g/mol. The van der Waals surface area contributed by atoms with Crippen LogP contribution < -0.4 is 10.6 Å². The van der Waals surface area contributed by atoms with E-state index < -0.39 is 23.5 Å². The highest BCUT2D eigenvalue weighted by molar-refractivity contribution is 5.78. The van der Waals surface area contributed by atoms with Gasteiger partial charge in [-0.05, 0) is 25.7 Å². The molecule has 2 amide bonds. The number of rotatable bonds is 4. The molecule has 0 spiro atoms. The molecule has 2 aliphatic rings. The van der Waals surface area contributed by atoms with Crippen molar-refractivity contribution in [3.63, 3.8) is 0 Å². The van der Waals surface area contributed by atoms with E-state index in [1.54, 1.807) is 0 Å². The van der Waals surface area contributed by atoms with Gasteiger partial charge in [-0.3, -0.25) is 4.79 Å². The molecule has 7 nitrogen and oxygen atoms in total. The molecule has 2 rings (SSSR count). The van der Waals surface area contributed by atoms with E-state index in [2.05, 4.69) is 10.6 Å². The molecule has 2 fully saturated rings. The minimum absolute atomic E-state index is 0.0837. The van der Waals surface area contributed by atoms with Crippen LogP contribution in [0.4, 0.5) is 4.79 Å². The number of nitrogens with one attached hydrogen (secondary N) is 2. The van der Waals surface area contributed by atoms with Crippen molar-refractivity contribution in [3.8, 4) is 0 Å². The van der Waals surface area contributed by atoms with Crippen molar-refractivity contribution in [2.75, 3.05) is 19.8 Å². The number of carboxylic acids is 1. The molecule has 1 heterocycles. The van der Waals surface area contributed by atoms with E-state index in [-0.39, 0.29) is 12.6 Å². The quantitative estimate of drug-likeness (QED) is 0.603. The van der Waals surface area contributed by atoms with Gasteiger partial charge in [0.05, 0.1) is 17.6 Å². The minimum atomic E-state index is -0.944. The normalized spacial score (nSPS) is 28.6. The summed E-state index contributed by atoms with van der Waals surface area (Å²) in [6.45, 7) is 0.883. The first kappa shape index (κ1) is 16.0. The molecule has 2 unspecified atom stereocenters. The molecule has 2 atom stereocenters. The molecule has 0 aromatic heterocycles. The lowest BCUT2D eigenvalue weighted by atomic mass is 9.80. The predicted octanol–water partition coefficient (Wildman–Crippen LogP) is 0.470. The summed E-state index contributed by atoms with van der Waals surface area (Å²) in [5, 5.41) is 24.6. The third-order valence-corrected chi connectivity index (χ3v) is 4.54. The molecule has 7 heteroatoms. The van der Waals surface area contributed by atoms with Crippen LogP contribution in [0.2, 0.25) is 0 Å². The Morgan fingerprint density at radius 2 is 1.86 bits per heavy atom. The van der Waals surface area contributed by atoms with E-state index in [0.717, 1.165) is 19.3 Å². The van der Waals surface area contributed by atoms with Crippen LogP contribution in [0.25, 0.3) is 0 Å². The Bertz CT molecular complexity index is 382. The number of aliphatic carboxylic acids is 1. The smallest absolute Gasteiger partial charge is 0.315 e.